The first-order chi connectivity index (χ1) is 29.6. The molecular weight excluding hydrogens is 731 g/mol. The Morgan fingerprint density at radius 3 is 1.15 bits per heavy atom. The molecule has 0 radical (unpaired) electrons. The number of furan rings is 1. The van der Waals surface area contributed by atoms with E-state index in [0.29, 0.717) is 0 Å². The SMILES string of the molecule is Bc1c(B)c(B)c2c(B)c(-c3c4c(B)c(B)c(B)c(B)c4c(-c4ccc(-c5cccc6oc7ccccc7c56)c5ccccc45)c4c(B)c(B)c(B)c(B)c34)c(B)c(B)c2c1B. The van der Waals surface area contributed by atoms with Crippen LogP contribution in [0.1, 0.15) is 0 Å². The number of fused-ring (bicyclic) bond motifs is 7. The first kappa shape index (κ1) is 40.8. The molecule has 1 nitrogen and oxygen atoms in total. The lowest BCUT2D eigenvalue weighted by Crippen LogP contribution is -2.52. The summed E-state index contributed by atoms with van der Waals surface area (Å²) in [6, 6.07) is 28.9. The van der Waals surface area contributed by atoms with E-state index in [1.165, 1.54) is 164 Å². The second-order valence-corrected chi connectivity index (χ2v) is 18.7. The van der Waals surface area contributed by atoms with Crippen molar-refractivity contribution in [3.8, 4) is 33.4 Å². The number of rotatable bonds is 3. The lowest BCUT2D eigenvalue weighted by molar-refractivity contribution is 0.669. The van der Waals surface area contributed by atoms with Crippen LogP contribution in [0.15, 0.2) is 83.3 Å². The van der Waals surface area contributed by atoms with Crippen LogP contribution in [0.3, 0.4) is 0 Å². The van der Waals surface area contributed by atoms with E-state index in [9.17, 15) is 0 Å². The number of hydrogen-bond acceptors (Lipinski definition) is 1. The summed E-state index contributed by atoms with van der Waals surface area (Å²) in [6.07, 6.45) is 0. The second-order valence-electron chi connectivity index (χ2n) is 18.7. The zero-order chi connectivity index (χ0) is 44.0. The molecule has 0 N–H and O–H groups in total. The molecule has 0 saturated carbocycles. The van der Waals surface area contributed by atoms with E-state index in [4.69, 9.17) is 4.42 Å². The fraction of sp³-hybridized carbons (Fsp3) is 0. The van der Waals surface area contributed by atoms with E-state index >= 15 is 0 Å². The van der Waals surface area contributed by atoms with Crippen molar-refractivity contribution in [1.82, 2.24) is 0 Å². The van der Waals surface area contributed by atoms with Crippen LogP contribution in [0.5, 0.6) is 0 Å². The monoisotopic (exact) mass is 776 g/mol. The highest BCUT2D eigenvalue weighted by Crippen LogP contribution is 2.45. The minimum atomic E-state index is 0.920. The lowest BCUT2D eigenvalue weighted by atomic mass is 9.56. The van der Waals surface area contributed by atoms with Crippen molar-refractivity contribution in [2.24, 2.45) is 0 Å². The maximum atomic E-state index is 6.43. The summed E-state index contributed by atoms with van der Waals surface area (Å²) < 4.78 is 6.43. The Morgan fingerprint density at radius 1 is 0.226 bits per heavy atom. The molecule has 10 aromatic rings. The van der Waals surface area contributed by atoms with Gasteiger partial charge in [-0.05, 0) is 88.6 Å². The van der Waals surface area contributed by atoms with Crippen molar-refractivity contribution in [2.45, 2.75) is 0 Å². The molecular formula is C46H43B15O. The van der Waals surface area contributed by atoms with Gasteiger partial charge in [0.1, 0.15) is 129 Å². The molecule has 0 amide bonds. The van der Waals surface area contributed by atoms with E-state index in [2.05, 4.69) is 197 Å². The molecule has 16 heteroatoms. The predicted octanol–water partition coefficient (Wildman–Crippen LogP) is -12.9. The fourth-order valence-electron chi connectivity index (χ4n) is 11.8. The van der Waals surface area contributed by atoms with Gasteiger partial charge in [-0.3, -0.25) is 0 Å². The lowest BCUT2D eigenvalue weighted by Gasteiger charge is -2.31. The third-order valence-corrected chi connectivity index (χ3v) is 16.3. The summed E-state index contributed by atoms with van der Waals surface area (Å²) >= 11 is 0. The Kier molecular flexibility index (Phi) is 9.50. The van der Waals surface area contributed by atoms with Crippen molar-refractivity contribution < 1.29 is 4.42 Å². The van der Waals surface area contributed by atoms with E-state index in [1.807, 2.05) is 0 Å². The van der Waals surface area contributed by atoms with Gasteiger partial charge in [0.25, 0.3) is 0 Å². The summed E-state index contributed by atoms with van der Waals surface area (Å²) in [5, 5.41) is 13.2. The summed E-state index contributed by atoms with van der Waals surface area (Å²) in [5.41, 5.74) is 30.5. The third kappa shape index (κ3) is 5.37. The Morgan fingerprint density at radius 2 is 0.613 bits per heavy atom. The van der Waals surface area contributed by atoms with Gasteiger partial charge in [-0.1, -0.05) is 116 Å². The van der Waals surface area contributed by atoms with Crippen molar-refractivity contribution in [1.29, 1.82) is 0 Å². The standard InChI is InChI=1S/C46H43B15O/c47-32-29(37(52)38(53)31-30(32)39(54)45(60)46(61)40(31)55)24-27-25(33(48)41(56)43(58)35(27)50)23(26-28(24)36(51)44(59)42(57)34(26)49)18-13-12-16(14-6-1-2-7-15(14)18)17-9-5-11-21-22(17)19-8-3-4-10-20(19)62-21/h1-13H,47-61H2. The van der Waals surface area contributed by atoms with Gasteiger partial charge < -0.3 is 4.42 Å². The minimum Gasteiger partial charge on any atom is -0.456 e. The highest BCUT2D eigenvalue weighted by molar-refractivity contribution is 6.75. The smallest absolute Gasteiger partial charge is 0.140 e. The molecule has 0 aliphatic heterocycles. The zero-order valence-electron chi connectivity index (χ0n) is 39.4. The van der Waals surface area contributed by atoms with Crippen LogP contribution in [0.25, 0.3) is 98.4 Å². The van der Waals surface area contributed by atoms with Crippen molar-refractivity contribution in [3.63, 3.8) is 0 Å². The molecule has 0 atom stereocenters. The van der Waals surface area contributed by atoms with Crippen LogP contribution >= 0.6 is 0 Å². The summed E-state index contributed by atoms with van der Waals surface area (Å²) in [5.74, 6) is 0. The molecule has 0 bridgehead atoms. The Hall–Kier alpha value is -5.21. The van der Waals surface area contributed by atoms with Gasteiger partial charge in [0.2, 0.25) is 0 Å². The van der Waals surface area contributed by atoms with Crippen molar-refractivity contribution >= 4 is 265 Å². The molecule has 0 unspecified atom stereocenters. The normalized spacial score (nSPS) is 11.9. The van der Waals surface area contributed by atoms with Gasteiger partial charge in [-0.15, -0.1) is 32.8 Å². The molecule has 0 aliphatic carbocycles. The zero-order valence-corrected chi connectivity index (χ0v) is 39.4. The average Bonchev–Trinajstić information content (AvgIpc) is 3.67. The summed E-state index contributed by atoms with van der Waals surface area (Å²) in [7, 11) is 35.4. The first-order valence-corrected chi connectivity index (χ1v) is 22.5. The largest absolute Gasteiger partial charge is 0.456 e. The van der Waals surface area contributed by atoms with Crippen LogP contribution in [-0.2, 0) is 0 Å². The Balaban J connectivity index is 1.44. The second kappa shape index (κ2) is 14.4. The van der Waals surface area contributed by atoms with Crippen LogP contribution < -0.4 is 81.9 Å². The Labute approximate surface area is 379 Å². The van der Waals surface area contributed by atoms with Gasteiger partial charge in [0, 0.05) is 10.8 Å². The summed E-state index contributed by atoms with van der Waals surface area (Å²) in [6.45, 7) is 0. The maximum absolute atomic E-state index is 6.43. The minimum absolute atomic E-state index is 0.920. The molecule has 0 fully saturated rings. The molecule has 278 valence electrons. The molecule has 9 aromatic carbocycles. The molecule has 0 aliphatic rings. The van der Waals surface area contributed by atoms with Gasteiger partial charge >= 0.3 is 0 Å². The molecule has 10 rings (SSSR count). The van der Waals surface area contributed by atoms with Crippen molar-refractivity contribution in [3.05, 3.63) is 78.9 Å². The van der Waals surface area contributed by atoms with Crippen molar-refractivity contribution in [2.75, 3.05) is 0 Å². The van der Waals surface area contributed by atoms with Gasteiger partial charge in [0.15, 0.2) is 0 Å². The van der Waals surface area contributed by atoms with E-state index < -0.39 is 0 Å². The average molecular weight is 774 g/mol. The van der Waals surface area contributed by atoms with Gasteiger partial charge in [0.05, 0.1) is 0 Å². The van der Waals surface area contributed by atoms with E-state index in [1.54, 1.807) is 0 Å². The predicted molar refractivity (Wildman–Crippen MR) is 323 cm³/mol. The van der Waals surface area contributed by atoms with Gasteiger partial charge in [-0.2, -0.15) is 0 Å². The molecule has 1 heterocycles. The maximum Gasteiger partial charge on any atom is 0.140 e. The first-order valence-electron chi connectivity index (χ1n) is 22.5. The highest BCUT2D eigenvalue weighted by atomic mass is 16.3. The highest BCUT2D eigenvalue weighted by Gasteiger charge is 2.29. The number of para-hydroxylation sites is 1. The number of benzene rings is 9. The van der Waals surface area contributed by atoms with Crippen LogP contribution in [-0.4, -0.2) is 118 Å². The van der Waals surface area contributed by atoms with Crippen LogP contribution in [0.2, 0.25) is 0 Å². The molecule has 0 saturated heterocycles. The molecule has 62 heavy (non-hydrogen) atoms. The third-order valence-electron chi connectivity index (χ3n) is 16.3. The fourth-order valence-corrected chi connectivity index (χ4v) is 11.8. The van der Waals surface area contributed by atoms with E-state index in [-0.39, 0.29) is 0 Å². The quantitative estimate of drug-likeness (QED) is 0.129. The summed E-state index contributed by atoms with van der Waals surface area (Å²) in [4.78, 5) is 0. The Bertz CT molecular complexity index is 3620. The molecule has 1 aromatic heterocycles. The topological polar surface area (TPSA) is 13.1 Å². The molecule has 0 spiro atoms. The van der Waals surface area contributed by atoms with Crippen LogP contribution in [0, 0.1) is 0 Å². The van der Waals surface area contributed by atoms with E-state index in [0.717, 1.165) is 16.6 Å². The van der Waals surface area contributed by atoms with Crippen LogP contribution in [0.4, 0.5) is 0 Å². The van der Waals surface area contributed by atoms with Gasteiger partial charge in [-0.25, -0.2) is 0 Å². The number of hydrogen-bond donors (Lipinski definition) is 0.